The fourth-order valence-corrected chi connectivity index (χ4v) is 5.59. The maximum atomic E-state index is 14.3. The van der Waals surface area contributed by atoms with Gasteiger partial charge in [-0.15, -0.1) is 0 Å². The second-order valence-electron chi connectivity index (χ2n) is 10.1. The molecule has 5 rings (SSSR count). The van der Waals surface area contributed by atoms with E-state index in [2.05, 4.69) is 5.32 Å². The summed E-state index contributed by atoms with van der Waals surface area (Å²) in [6.45, 7) is 0. The minimum absolute atomic E-state index is 0.0431. The molecule has 1 aliphatic carbocycles. The Bertz CT molecular complexity index is 1400. The average molecular weight is 564 g/mol. The van der Waals surface area contributed by atoms with E-state index in [9.17, 15) is 14.0 Å². The van der Waals surface area contributed by atoms with Crippen molar-refractivity contribution in [3.05, 3.63) is 111 Å². The number of nitrogens with one attached hydrogen (secondary N) is 1. The lowest BCUT2D eigenvalue weighted by Crippen LogP contribution is -2.57. The predicted molar refractivity (Wildman–Crippen MR) is 156 cm³/mol. The van der Waals surface area contributed by atoms with Gasteiger partial charge in [-0.1, -0.05) is 72.8 Å². The van der Waals surface area contributed by atoms with E-state index in [0.29, 0.717) is 21.3 Å². The van der Waals surface area contributed by atoms with Crippen LogP contribution in [0.5, 0.6) is 0 Å². The molecule has 2 fully saturated rings. The van der Waals surface area contributed by atoms with Gasteiger partial charge in [0.2, 0.25) is 0 Å². The fraction of sp³-hybridized carbons (Fsp3) is 0.250. The number of halogens is 3. The van der Waals surface area contributed by atoms with Crippen LogP contribution in [0.1, 0.15) is 49.7 Å². The number of hydrogen-bond donors (Lipinski definition) is 1. The van der Waals surface area contributed by atoms with Crippen molar-refractivity contribution in [3.8, 4) is 0 Å². The molecule has 0 radical (unpaired) electrons. The maximum absolute atomic E-state index is 14.3. The number of amides is 2. The Balaban J connectivity index is 1.62. The highest BCUT2D eigenvalue weighted by molar-refractivity contribution is 6.31. The zero-order chi connectivity index (χ0) is 27.4. The summed E-state index contributed by atoms with van der Waals surface area (Å²) in [7, 11) is 0. The summed E-state index contributed by atoms with van der Waals surface area (Å²) >= 11 is 12.1. The standard InChI is InChI=1S/C32H29Cl2FN2O2/c33-25-10-6-22(7-11-25)18-19-32(31(39)36-28-4-2-1-3-5-28)21-24(20-23-8-12-26(34)13-9-23)30(38)37(32)29-16-14-27(35)15-17-29/h6-20,28H,1-5,21H2,(H,36,39)/b19-18?,24-20+. The number of hydrogen-bond acceptors (Lipinski definition) is 2. The molecule has 1 heterocycles. The van der Waals surface area contributed by atoms with Gasteiger partial charge in [0.05, 0.1) is 0 Å². The molecule has 2 amide bonds. The normalized spacial score (nSPS) is 21.2. The van der Waals surface area contributed by atoms with Crippen molar-refractivity contribution in [3.63, 3.8) is 0 Å². The third-order valence-electron chi connectivity index (χ3n) is 7.39. The zero-order valence-electron chi connectivity index (χ0n) is 21.4. The molecule has 0 spiro atoms. The van der Waals surface area contributed by atoms with E-state index in [0.717, 1.165) is 43.2 Å². The Morgan fingerprint density at radius 2 is 1.46 bits per heavy atom. The van der Waals surface area contributed by atoms with E-state index in [1.54, 1.807) is 36.4 Å². The Kier molecular flexibility index (Phi) is 8.20. The molecule has 4 nitrogen and oxygen atoms in total. The number of rotatable bonds is 6. The van der Waals surface area contributed by atoms with Crippen LogP contribution in [0.4, 0.5) is 10.1 Å². The van der Waals surface area contributed by atoms with Gasteiger partial charge in [-0.2, -0.15) is 0 Å². The molecular formula is C32H29Cl2FN2O2. The lowest BCUT2D eigenvalue weighted by molar-refractivity contribution is -0.126. The van der Waals surface area contributed by atoms with Gasteiger partial charge in [-0.05, 0) is 84.7 Å². The fourth-order valence-electron chi connectivity index (χ4n) is 5.34. The number of benzene rings is 3. The van der Waals surface area contributed by atoms with Crippen molar-refractivity contribution in [2.45, 2.75) is 50.1 Å². The highest BCUT2D eigenvalue weighted by Gasteiger charge is 2.53. The molecule has 0 aromatic heterocycles. The van der Waals surface area contributed by atoms with Crippen molar-refractivity contribution in [2.24, 2.45) is 0 Å². The minimum Gasteiger partial charge on any atom is -0.351 e. The highest BCUT2D eigenvalue weighted by Crippen LogP contribution is 2.41. The molecule has 3 aromatic carbocycles. The highest BCUT2D eigenvalue weighted by atomic mass is 35.5. The summed E-state index contributed by atoms with van der Waals surface area (Å²) < 4.78 is 13.9. The van der Waals surface area contributed by atoms with Crippen LogP contribution in [0.3, 0.4) is 0 Å². The van der Waals surface area contributed by atoms with Crippen LogP contribution in [0.2, 0.25) is 10.0 Å². The summed E-state index contributed by atoms with van der Waals surface area (Å²) in [6.07, 6.45) is 10.6. The summed E-state index contributed by atoms with van der Waals surface area (Å²) in [5, 5.41) is 4.44. The van der Waals surface area contributed by atoms with Crippen LogP contribution in [0.15, 0.2) is 84.4 Å². The molecule has 7 heteroatoms. The summed E-state index contributed by atoms with van der Waals surface area (Å²) in [5.41, 5.74) is 1.20. The first-order valence-corrected chi connectivity index (χ1v) is 13.9. The topological polar surface area (TPSA) is 49.4 Å². The second-order valence-corrected chi connectivity index (χ2v) is 11.0. The molecule has 1 saturated heterocycles. The molecular weight excluding hydrogens is 534 g/mol. The first-order valence-electron chi connectivity index (χ1n) is 13.2. The lowest BCUT2D eigenvalue weighted by Gasteiger charge is -2.36. The first kappa shape index (κ1) is 27.2. The smallest absolute Gasteiger partial charge is 0.255 e. The zero-order valence-corrected chi connectivity index (χ0v) is 22.9. The first-order chi connectivity index (χ1) is 18.8. The SMILES string of the molecule is O=C1/C(=C/c2ccc(Cl)cc2)CC(C=Cc2ccc(Cl)cc2)(C(=O)NC2CCCCC2)N1c1ccc(F)cc1. The van der Waals surface area contributed by atoms with E-state index in [1.807, 2.05) is 30.3 Å². The molecule has 1 atom stereocenters. The van der Waals surface area contributed by atoms with Gasteiger partial charge in [0, 0.05) is 33.8 Å². The maximum Gasteiger partial charge on any atom is 0.255 e. The van der Waals surface area contributed by atoms with E-state index < -0.39 is 11.4 Å². The molecule has 200 valence electrons. The van der Waals surface area contributed by atoms with Gasteiger partial charge in [0.25, 0.3) is 11.8 Å². The number of anilines is 1. The quantitative estimate of drug-likeness (QED) is 0.311. The van der Waals surface area contributed by atoms with E-state index in [1.165, 1.54) is 29.2 Å². The van der Waals surface area contributed by atoms with Crippen molar-refractivity contribution in [1.82, 2.24) is 5.32 Å². The van der Waals surface area contributed by atoms with Gasteiger partial charge in [-0.3, -0.25) is 14.5 Å². The Labute approximate surface area is 238 Å². The summed E-state index contributed by atoms with van der Waals surface area (Å²) in [4.78, 5) is 29.8. The molecule has 0 bridgehead atoms. The number of carbonyl (C=O) groups is 2. The van der Waals surface area contributed by atoms with Gasteiger partial charge in [0.15, 0.2) is 0 Å². The van der Waals surface area contributed by atoms with Crippen LogP contribution in [0, 0.1) is 5.82 Å². The lowest BCUT2D eigenvalue weighted by atomic mass is 9.89. The van der Waals surface area contributed by atoms with Gasteiger partial charge >= 0.3 is 0 Å². The molecule has 2 aliphatic rings. The third-order valence-corrected chi connectivity index (χ3v) is 7.89. The van der Waals surface area contributed by atoms with Crippen molar-refractivity contribution in [1.29, 1.82) is 0 Å². The van der Waals surface area contributed by atoms with E-state index in [4.69, 9.17) is 23.2 Å². The van der Waals surface area contributed by atoms with Crippen LogP contribution in [0.25, 0.3) is 12.2 Å². The van der Waals surface area contributed by atoms with Crippen molar-refractivity contribution < 1.29 is 14.0 Å². The minimum atomic E-state index is -1.36. The van der Waals surface area contributed by atoms with Crippen LogP contribution >= 0.6 is 23.2 Å². The molecule has 1 aliphatic heterocycles. The van der Waals surface area contributed by atoms with Crippen LogP contribution in [-0.2, 0) is 9.59 Å². The average Bonchev–Trinajstić information content (AvgIpc) is 3.22. The van der Waals surface area contributed by atoms with Crippen molar-refractivity contribution in [2.75, 3.05) is 4.90 Å². The third kappa shape index (κ3) is 6.10. The predicted octanol–water partition coefficient (Wildman–Crippen LogP) is 7.85. The van der Waals surface area contributed by atoms with Crippen LogP contribution in [-0.4, -0.2) is 23.4 Å². The number of carbonyl (C=O) groups excluding carboxylic acids is 2. The monoisotopic (exact) mass is 562 g/mol. The van der Waals surface area contributed by atoms with Crippen molar-refractivity contribution >= 4 is 52.9 Å². The van der Waals surface area contributed by atoms with E-state index in [-0.39, 0.29) is 24.3 Å². The van der Waals surface area contributed by atoms with E-state index >= 15 is 0 Å². The van der Waals surface area contributed by atoms with Gasteiger partial charge in [0.1, 0.15) is 11.4 Å². The Morgan fingerprint density at radius 3 is 2.08 bits per heavy atom. The second kappa shape index (κ2) is 11.8. The van der Waals surface area contributed by atoms with Gasteiger partial charge < -0.3 is 5.32 Å². The molecule has 1 N–H and O–H groups in total. The van der Waals surface area contributed by atoms with Crippen LogP contribution < -0.4 is 10.2 Å². The molecule has 1 saturated carbocycles. The summed E-state index contributed by atoms with van der Waals surface area (Å²) in [5.74, 6) is -0.982. The molecule has 1 unspecified atom stereocenters. The Hall–Kier alpha value is -3.41. The Morgan fingerprint density at radius 1 is 0.872 bits per heavy atom. The molecule has 3 aromatic rings. The molecule has 39 heavy (non-hydrogen) atoms. The van der Waals surface area contributed by atoms with Gasteiger partial charge in [-0.25, -0.2) is 4.39 Å². The number of nitrogens with zero attached hydrogens (tertiary/aromatic N) is 1. The largest absolute Gasteiger partial charge is 0.351 e. The summed E-state index contributed by atoms with van der Waals surface area (Å²) in [6, 6.07) is 20.2.